The van der Waals surface area contributed by atoms with Crippen molar-refractivity contribution in [2.75, 3.05) is 26.2 Å². The first-order valence-electron chi connectivity index (χ1n) is 7.43. The fourth-order valence-electron chi connectivity index (χ4n) is 3.44. The number of carboxylic acid groups (broad SMARTS) is 1. The zero-order valence-electron chi connectivity index (χ0n) is 12.0. The molecule has 1 saturated heterocycles. The smallest absolute Gasteiger partial charge is 0.320 e. The Kier molecular flexibility index (Phi) is 3.76. The van der Waals surface area contributed by atoms with Crippen LogP contribution < -0.4 is 0 Å². The van der Waals surface area contributed by atoms with Crippen molar-refractivity contribution in [1.82, 2.24) is 9.80 Å². The van der Waals surface area contributed by atoms with Crippen LogP contribution in [-0.4, -0.2) is 59.1 Å². The van der Waals surface area contributed by atoms with Gasteiger partial charge in [0.25, 0.3) is 0 Å². The Balaban J connectivity index is 1.57. The highest BCUT2D eigenvalue weighted by molar-refractivity contribution is 5.72. The largest absolute Gasteiger partial charge is 0.480 e. The van der Waals surface area contributed by atoms with Gasteiger partial charge in [0.1, 0.15) is 6.04 Å². The highest BCUT2D eigenvalue weighted by Crippen LogP contribution is 2.26. The zero-order valence-corrected chi connectivity index (χ0v) is 12.0. The van der Waals surface area contributed by atoms with E-state index in [-0.39, 0.29) is 6.04 Å². The minimum atomic E-state index is -0.716. The van der Waals surface area contributed by atoms with Crippen LogP contribution in [0.4, 0.5) is 0 Å². The summed E-state index contributed by atoms with van der Waals surface area (Å²) in [5.74, 6) is -0.716. The Morgan fingerprint density at radius 3 is 2.20 bits per heavy atom. The van der Waals surface area contributed by atoms with Gasteiger partial charge in [-0.25, -0.2) is 0 Å². The quantitative estimate of drug-likeness (QED) is 0.901. The normalized spacial score (nSPS) is 22.6. The number of carboxylic acids is 1. The van der Waals surface area contributed by atoms with Crippen molar-refractivity contribution in [1.29, 1.82) is 0 Å². The number of fused-ring (bicyclic) bond motifs is 1. The summed E-state index contributed by atoms with van der Waals surface area (Å²) >= 11 is 0. The second-order valence-electron chi connectivity index (χ2n) is 5.92. The molecule has 1 aliphatic carbocycles. The Morgan fingerprint density at radius 1 is 1.15 bits per heavy atom. The van der Waals surface area contributed by atoms with Crippen molar-refractivity contribution in [3.8, 4) is 0 Å². The van der Waals surface area contributed by atoms with Gasteiger partial charge in [-0.3, -0.25) is 14.6 Å². The molecule has 0 aromatic heterocycles. The van der Waals surface area contributed by atoms with Gasteiger partial charge in [-0.15, -0.1) is 0 Å². The number of piperazine rings is 1. The molecule has 1 fully saturated rings. The van der Waals surface area contributed by atoms with Crippen molar-refractivity contribution in [2.45, 2.75) is 31.8 Å². The summed E-state index contributed by atoms with van der Waals surface area (Å²) in [7, 11) is 0. The highest BCUT2D eigenvalue weighted by Gasteiger charge is 2.31. The molecule has 0 bridgehead atoms. The molecule has 1 unspecified atom stereocenters. The molecule has 0 spiro atoms. The van der Waals surface area contributed by atoms with Crippen molar-refractivity contribution in [3.63, 3.8) is 0 Å². The van der Waals surface area contributed by atoms with Crippen LogP contribution in [0.3, 0.4) is 0 Å². The predicted octanol–water partition coefficient (Wildman–Crippen LogP) is 1.24. The van der Waals surface area contributed by atoms with Crippen molar-refractivity contribution in [2.24, 2.45) is 0 Å². The minimum absolute atomic E-state index is 0.363. The van der Waals surface area contributed by atoms with E-state index in [4.69, 9.17) is 5.11 Å². The van der Waals surface area contributed by atoms with Crippen LogP contribution in [0.1, 0.15) is 18.1 Å². The van der Waals surface area contributed by atoms with E-state index in [0.717, 1.165) is 39.0 Å². The van der Waals surface area contributed by atoms with Gasteiger partial charge in [0.15, 0.2) is 0 Å². The molecular formula is C16H22N2O2. The number of hydrogen-bond acceptors (Lipinski definition) is 3. The number of hydrogen-bond donors (Lipinski definition) is 1. The second kappa shape index (κ2) is 5.54. The molecule has 0 amide bonds. The number of nitrogens with zero attached hydrogens (tertiary/aromatic N) is 2. The van der Waals surface area contributed by atoms with Crippen LogP contribution in [0, 0.1) is 0 Å². The number of aliphatic carboxylic acids is 1. The number of benzene rings is 1. The molecule has 1 aliphatic heterocycles. The molecule has 20 heavy (non-hydrogen) atoms. The summed E-state index contributed by atoms with van der Waals surface area (Å²) in [6, 6.07) is 8.95. The van der Waals surface area contributed by atoms with E-state index in [2.05, 4.69) is 34.1 Å². The molecule has 1 atom stereocenters. The highest BCUT2D eigenvalue weighted by atomic mass is 16.4. The molecular weight excluding hydrogens is 252 g/mol. The van der Waals surface area contributed by atoms with Crippen molar-refractivity contribution >= 4 is 5.97 Å². The molecule has 1 aromatic rings. The van der Waals surface area contributed by atoms with Crippen LogP contribution in [-0.2, 0) is 17.6 Å². The standard InChI is InChI=1S/C16H22N2O2/c1-12(16(19)20)17-6-8-18(9-7-17)15-10-13-4-2-3-5-14(13)11-15/h2-5,12,15H,6-11H2,1H3,(H,19,20). The SMILES string of the molecule is CC(C(=O)O)N1CCN(C2Cc3ccccc3C2)CC1. The lowest BCUT2D eigenvalue weighted by atomic mass is 10.1. The third kappa shape index (κ3) is 2.58. The van der Waals surface area contributed by atoms with E-state index in [1.807, 2.05) is 0 Å². The molecule has 0 saturated carbocycles. The Bertz CT molecular complexity index is 470. The number of rotatable bonds is 3. The monoisotopic (exact) mass is 274 g/mol. The van der Waals surface area contributed by atoms with E-state index in [0.29, 0.717) is 6.04 Å². The fraction of sp³-hybridized carbons (Fsp3) is 0.562. The maximum Gasteiger partial charge on any atom is 0.320 e. The molecule has 0 radical (unpaired) electrons. The van der Waals surface area contributed by atoms with E-state index in [9.17, 15) is 4.79 Å². The third-order valence-corrected chi connectivity index (χ3v) is 4.80. The van der Waals surface area contributed by atoms with E-state index in [1.165, 1.54) is 11.1 Å². The molecule has 3 rings (SSSR count). The summed E-state index contributed by atoms with van der Waals surface area (Å²) in [5, 5.41) is 9.07. The maximum atomic E-state index is 11.0. The first-order valence-corrected chi connectivity index (χ1v) is 7.43. The zero-order chi connectivity index (χ0) is 14.1. The average molecular weight is 274 g/mol. The van der Waals surface area contributed by atoms with Gasteiger partial charge >= 0.3 is 5.97 Å². The van der Waals surface area contributed by atoms with Gasteiger partial charge in [-0.2, -0.15) is 0 Å². The van der Waals surface area contributed by atoms with Crippen LogP contribution in [0.25, 0.3) is 0 Å². The Hall–Kier alpha value is -1.39. The van der Waals surface area contributed by atoms with Crippen molar-refractivity contribution < 1.29 is 9.90 Å². The third-order valence-electron chi connectivity index (χ3n) is 4.80. The summed E-state index contributed by atoms with van der Waals surface area (Å²) in [4.78, 5) is 15.6. The summed E-state index contributed by atoms with van der Waals surface area (Å²) in [6.07, 6.45) is 2.29. The van der Waals surface area contributed by atoms with Gasteiger partial charge in [0.05, 0.1) is 0 Å². The summed E-state index contributed by atoms with van der Waals surface area (Å²) in [6.45, 7) is 5.47. The fourth-order valence-corrected chi connectivity index (χ4v) is 3.44. The van der Waals surface area contributed by atoms with Gasteiger partial charge in [-0.05, 0) is 30.9 Å². The first-order chi connectivity index (χ1) is 9.65. The lowest BCUT2D eigenvalue weighted by molar-refractivity contribution is -0.143. The molecule has 1 aromatic carbocycles. The maximum absolute atomic E-state index is 11.0. The van der Waals surface area contributed by atoms with E-state index < -0.39 is 5.97 Å². The van der Waals surface area contributed by atoms with E-state index in [1.54, 1.807) is 6.92 Å². The van der Waals surface area contributed by atoms with Gasteiger partial charge in [0.2, 0.25) is 0 Å². The molecule has 1 heterocycles. The van der Waals surface area contributed by atoms with Crippen LogP contribution in [0.2, 0.25) is 0 Å². The second-order valence-corrected chi connectivity index (χ2v) is 5.92. The topological polar surface area (TPSA) is 43.8 Å². The first kappa shape index (κ1) is 13.6. The molecule has 108 valence electrons. The summed E-state index contributed by atoms with van der Waals surface area (Å²) < 4.78 is 0. The van der Waals surface area contributed by atoms with Crippen LogP contribution >= 0.6 is 0 Å². The lowest BCUT2D eigenvalue weighted by Gasteiger charge is -2.39. The molecule has 2 aliphatic rings. The summed E-state index contributed by atoms with van der Waals surface area (Å²) in [5.41, 5.74) is 2.97. The molecule has 1 N–H and O–H groups in total. The van der Waals surface area contributed by atoms with Crippen molar-refractivity contribution in [3.05, 3.63) is 35.4 Å². The Morgan fingerprint density at radius 2 is 1.70 bits per heavy atom. The molecule has 4 nitrogen and oxygen atoms in total. The van der Waals surface area contributed by atoms with E-state index >= 15 is 0 Å². The predicted molar refractivity (Wildman–Crippen MR) is 77.9 cm³/mol. The van der Waals surface area contributed by atoms with Crippen LogP contribution in [0.15, 0.2) is 24.3 Å². The van der Waals surface area contributed by atoms with Gasteiger partial charge in [-0.1, -0.05) is 24.3 Å². The van der Waals surface area contributed by atoms with Crippen LogP contribution in [0.5, 0.6) is 0 Å². The molecule has 4 heteroatoms. The number of carbonyl (C=O) groups is 1. The van der Waals surface area contributed by atoms with Gasteiger partial charge < -0.3 is 5.11 Å². The van der Waals surface area contributed by atoms with Gasteiger partial charge in [0, 0.05) is 32.2 Å². The average Bonchev–Trinajstić information content (AvgIpc) is 2.90. The minimum Gasteiger partial charge on any atom is -0.480 e. The lowest BCUT2D eigenvalue weighted by Crippen LogP contribution is -2.54. The Labute approximate surface area is 120 Å².